The lowest BCUT2D eigenvalue weighted by molar-refractivity contribution is -0.136. The molecule has 0 heterocycles. The SMILES string of the molecule is COC(=O)/C(N)=C/c1ccc(Cl)cc1Sc1ccc(Cl)cc1Cl. The summed E-state index contributed by atoms with van der Waals surface area (Å²) in [6.45, 7) is 0. The average molecular weight is 389 g/mol. The van der Waals surface area contributed by atoms with Crippen LogP contribution < -0.4 is 5.73 Å². The first kappa shape index (κ1) is 18.0. The molecule has 0 aliphatic rings. The van der Waals surface area contributed by atoms with Crippen LogP contribution in [-0.4, -0.2) is 13.1 Å². The summed E-state index contributed by atoms with van der Waals surface area (Å²) in [5, 5.41) is 1.64. The maximum Gasteiger partial charge on any atom is 0.353 e. The molecule has 23 heavy (non-hydrogen) atoms. The predicted octanol–water partition coefficient (Wildman–Crippen LogP) is 5.27. The molecule has 0 unspecified atom stereocenters. The minimum Gasteiger partial charge on any atom is -0.464 e. The molecule has 3 nitrogen and oxygen atoms in total. The molecule has 2 rings (SSSR count). The summed E-state index contributed by atoms with van der Waals surface area (Å²) >= 11 is 19.6. The van der Waals surface area contributed by atoms with Gasteiger partial charge in [0.25, 0.3) is 0 Å². The summed E-state index contributed by atoms with van der Waals surface area (Å²) in [4.78, 5) is 13.1. The van der Waals surface area contributed by atoms with Gasteiger partial charge in [-0.05, 0) is 42.0 Å². The number of esters is 1. The molecule has 2 aromatic carbocycles. The summed E-state index contributed by atoms with van der Waals surface area (Å²) in [5.41, 5.74) is 6.44. The fraction of sp³-hybridized carbons (Fsp3) is 0.0625. The molecule has 0 amide bonds. The van der Waals surface area contributed by atoms with Crippen molar-refractivity contribution in [2.45, 2.75) is 9.79 Å². The van der Waals surface area contributed by atoms with E-state index in [2.05, 4.69) is 4.74 Å². The fourth-order valence-electron chi connectivity index (χ4n) is 1.74. The second-order valence-electron chi connectivity index (χ2n) is 4.45. The zero-order chi connectivity index (χ0) is 17.0. The van der Waals surface area contributed by atoms with Gasteiger partial charge in [-0.2, -0.15) is 0 Å². The molecule has 0 bridgehead atoms. The highest BCUT2D eigenvalue weighted by atomic mass is 35.5. The van der Waals surface area contributed by atoms with Crippen LogP contribution in [0.4, 0.5) is 0 Å². The highest BCUT2D eigenvalue weighted by Gasteiger charge is 2.10. The van der Waals surface area contributed by atoms with Crippen molar-refractivity contribution in [3.63, 3.8) is 0 Å². The lowest BCUT2D eigenvalue weighted by atomic mass is 10.2. The molecule has 0 saturated carbocycles. The maximum absolute atomic E-state index is 11.5. The molecular formula is C16H12Cl3NO2S. The first-order valence-electron chi connectivity index (χ1n) is 6.38. The molecule has 0 saturated heterocycles. The fourth-order valence-corrected chi connectivity index (χ4v) is 3.46. The van der Waals surface area contributed by atoms with Crippen molar-refractivity contribution in [3.05, 3.63) is 62.7 Å². The predicted molar refractivity (Wildman–Crippen MR) is 96.2 cm³/mol. The van der Waals surface area contributed by atoms with Crippen molar-refractivity contribution in [3.8, 4) is 0 Å². The quantitative estimate of drug-likeness (QED) is 0.572. The number of carbonyl (C=O) groups is 1. The molecule has 2 N–H and O–H groups in total. The molecule has 0 spiro atoms. The third kappa shape index (κ3) is 4.82. The summed E-state index contributed by atoms with van der Waals surface area (Å²) in [5.74, 6) is -0.597. The largest absolute Gasteiger partial charge is 0.464 e. The van der Waals surface area contributed by atoms with E-state index < -0.39 is 5.97 Å². The Balaban J connectivity index is 2.41. The van der Waals surface area contributed by atoms with Gasteiger partial charge in [0, 0.05) is 19.8 Å². The van der Waals surface area contributed by atoms with Crippen LogP contribution in [0.2, 0.25) is 15.1 Å². The lowest BCUT2D eigenvalue weighted by Gasteiger charge is -2.09. The number of hydrogen-bond donors (Lipinski definition) is 1. The van der Waals surface area contributed by atoms with Crippen LogP contribution >= 0.6 is 46.6 Å². The van der Waals surface area contributed by atoms with E-state index in [1.807, 2.05) is 6.07 Å². The summed E-state index contributed by atoms with van der Waals surface area (Å²) < 4.78 is 4.60. The van der Waals surface area contributed by atoms with Crippen LogP contribution in [-0.2, 0) is 9.53 Å². The van der Waals surface area contributed by atoms with Gasteiger partial charge in [-0.25, -0.2) is 4.79 Å². The molecule has 7 heteroatoms. The topological polar surface area (TPSA) is 52.3 Å². The van der Waals surface area contributed by atoms with E-state index in [0.717, 1.165) is 15.4 Å². The zero-order valence-corrected chi connectivity index (χ0v) is 15.1. The van der Waals surface area contributed by atoms with E-state index in [-0.39, 0.29) is 5.70 Å². The van der Waals surface area contributed by atoms with Gasteiger partial charge in [0.1, 0.15) is 5.70 Å². The maximum atomic E-state index is 11.5. The summed E-state index contributed by atoms with van der Waals surface area (Å²) in [7, 11) is 1.27. The number of carbonyl (C=O) groups excluding carboxylic acids is 1. The highest BCUT2D eigenvalue weighted by Crippen LogP contribution is 2.38. The van der Waals surface area contributed by atoms with Gasteiger partial charge in [-0.3, -0.25) is 0 Å². The third-order valence-electron chi connectivity index (χ3n) is 2.82. The second-order valence-corrected chi connectivity index (χ2v) is 6.81. The molecular weight excluding hydrogens is 377 g/mol. The first-order valence-corrected chi connectivity index (χ1v) is 8.33. The Morgan fingerprint density at radius 3 is 2.39 bits per heavy atom. The Kier molecular flexibility index (Phi) is 6.25. The number of ether oxygens (including phenoxy) is 1. The molecule has 0 radical (unpaired) electrons. The number of rotatable bonds is 4. The van der Waals surface area contributed by atoms with Crippen molar-refractivity contribution >= 4 is 58.6 Å². The van der Waals surface area contributed by atoms with E-state index in [1.54, 1.807) is 30.3 Å². The summed E-state index contributed by atoms with van der Waals surface area (Å²) in [6.07, 6.45) is 1.54. The lowest BCUT2D eigenvalue weighted by Crippen LogP contribution is -2.12. The molecule has 0 aliphatic heterocycles. The Morgan fingerprint density at radius 2 is 1.74 bits per heavy atom. The number of benzene rings is 2. The van der Waals surface area contributed by atoms with Crippen molar-refractivity contribution in [1.29, 1.82) is 0 Å². The van der Waals surface area contributed by atoms with E-state index >= 15 is 0 Å². The van der Waals surface area contributed by atoms with Gasteiger partial charge in [0.15, 0.2) is 0 Å². The van der Waals surface area contributed by atoms with Gasteiger partial charge >= 0.3 is 5.97 Å². The minimum atomic E-state index is -0.597. The average Bonchev–Trinajstić information content (AvgIpc) is 2.51. The molecule has 0 aromatic heterocycles. The molecule has 0 fully saturated rings. The number of nitrogens with two attached hydrogens (primary N) is 1. The van der Waals surface area contributed by atoms with E-state index in [4.69, 9.17) is 40.5 Å². The van der Waals surface area contributed by atoms with Crippen molar-refractivity contribution in [2.75, 3.05) is 7.11 Å². The van der Waals surface area contributed by atoms with Crippen LogP contribution in [0.25, 0.3) is 6.08 Å². The highest BCUT2D eigenvalue weighted by molar-refractivity contribution is 7.99. The number of methoxy groups -OCH3 is 1. The Morgan fingerprint density at radius 1 is 1.09 bits per heavy atom. The van der Waals surface area contributed by atoms with Crippen LogP contribution in [0.1, 0.15) is 5.56 Å². The van der Waals surface area contributed by atoms with E-state index in [9.17, 15) is 4.79 Å². The Labute approximate surface area is 153 Å². The smallest absolute Gasteiger partial charge is 0.353 e. The van der Waals surface area contributed by atoms with Crippen LogP contribution in [0.3, 0.4) is 0 Å². The van der Waals surface area contributed by atoms with Gasteiger partial charge in [0.2, 0.25) is 0 Å². The van der Waals surface area contributed by atoms with Gasteiger partial charge in [0.05, 0.1) is 12.1 Å². The standard InChI is InChI=1S/C16H12Cl3NO2S/c1-22-16(21)13(20)6-9-2-3-11(18)8-15(9)23-14-5-4-10(17)7-12(14)19/h2-8H,20H2,1H3/b13-6-. The van der Waals surface area contributed by atoms with Gasteiger partial charge in [-0.15, -0.1) is 0 Å². The zero-order valence-electron chi connectivity index (χ0n) is 12.0. The van der Waals surface area contributed by atoms with Crippen molar-refractivity contribution in [1.82, 2.24) is 0 Å². The molecule has 2 aromatic rings. The van der Waals surface area contributed by atoms with Crippen molar-refractivity contribution < 1.29 is 9.53 Å². The van der Waals surface area contributed by atoms with Gasteiger partial charge in [-0.1, -0.05) is 52.6 Å². The normalized spacial score (nSPS) is 11.4. The molecule has 120 valence electrons. The first-order chi connectivity index (χ1) is 10.9. The molecule has 0 aliphatic carbocycles. The van der Waals surface area contributed by atoms with E-state index in [1.165, 1.54) is 24.9 Å². The van der Waals surface area contributed by atoms with Gasteiger partial charge < -0.3 is 10.5 Å². The van der Waals surface area contributed by atoms with Crippen LogP contribution in [0.5, 0.6) is 0 Å². The Bertz CT molecular complexity index is 778. The molecule has 0 atom stereocenters. The summed E-state index contributed by atoms with van der Waals surface area (Å²) in [6, 6.07) is 10.5. The van der Waals surface area contributed by atoms with E-state index in [0.29, 0.717) is 15.1 Å². The van der Waals surface area contributed by atoms with Crippen LogP contribution in [0.15, 0.2) is 51.9 Å². The number of hydrogen-bond acceptors (Lipinski definition) is 4. The Hall–Kier alpha value is -1.33. The minimum absolute atomic E-state index is 0.00104. The second kappa shape index (κ2) is 7.97. The third-order valence-corrected chi connectivity index (χ3v) is 4.87. The number of halogens is 3. The van der Waals surface area contributed by atoms with Crippen LogP contribution in [0, 0.1) is 0 Å². The monoisotopic (exact) mass is 387 g/mol. The van der Waals surface area contributed by atoms with Crippen molar-refractivity contribution in [2.24, 2.45) is 5.73 Å².